The van der Waals surface area contributed by atoms with Crippen LogP contribution in [0.2, 0.25) is 0 Å². The number of carbonyl (C=O) groups is 3. The van der Waals surface area contributed by atoms with Gasteiger partial charge in [-0.1, -0.05) is 60.7 Å². The Bertz CT molecular complexity index is 1330. The van der Waals surface area contributed by atoms with Gasteiger partial charge in [0.25, 0.3) is 5.91 Å². The quantitative estimate of drug-likeness (QED) is 0.523. The molecule has 1 fully saturated rings. The van der Waals surface area contributed by atoms with E-state index in [0.717, 1.165) is 16.0 Å². The van der Waals surface area contributed by atoms with Crippen LogP contribution in [0.15, 0.2) is 72.8 Å². The maximum atomic E-state index is 13.8. The topological polar surface area (TPSA) is 97.0 Å². The van der Waals surface area contributed by atoms with Gasteiger partial charge in [-0.15, -0.1) is 0 Å². The fourth-order valence-corrected chi connectivity index (χ4v) is 4.53. The smallest absolute Gasteiger partial charge is 0.326 e. The third-order valence-electron chi connectivity index (χ3n) is 6.65. The van der Waals surface area contributed by atoms with Crippen LogP contribution in [0, 0.1) is 13.8 Å². The molecule has 0 unspecified atom stereocenters. The first-order chi connectivity index (χ1) is 17.4. The van der Waals surface area contributed by atoms with Crippen molar-refractivity contribution in [2.45, 2.75) is 25.5 Å². The highest BCUT2D eigenvalue weighted by atomic mass is 16.6. The number of nitrogens with one attached hydrogen (secondary N) is 2. The van der Waals surface area contributed by atoms with Crippen molar-refractivity contribution in [2.24, 2.45) is 0 Å². The fourth-order valence-electron chi connectivity index (χ4n) is 4.53. The number of carbonyl (C=O) groups excluding carboxylic acids is 3. The van der Waals surface area contributed by atoms with Gasteiger partial charge in [0.1, 0.15) is 19.3 Å². The van der Waals surface area contributed by atoms with Crippen LogP contribution < -0.4 is 20.1 Å². The summed E-state index contributed by atoms with van der Waals surface area (Å²) in [6, 6.07) is 21.4. The lowest BCUT2D eigenvalue weighted by Gasteiger charge is -2.28. The number of fused-ring (bicyclic) bond motifs is 1. The van der Waals surface area contributed by atoms with E-state index in [1.54, 1.807) is 18.2 Å². The minimum absolute atomic E-state index is 0.178. The molecule has 2 heterocycles. The molecule has 5 rings (SSSR count). The lowest BCUT2D eigenvalue weighted by atomic mass is 9.81. The molecule has 2 aliphatic heterocycles. The van der Waals surface area contributed by atoms with Crippen LogP contribution >= 0.6 is 0 Å². The zero-order valence-electron chi connectivity index (χ0n) is 20.1. The zero-order chi connectivity index (χ0) is 25.3. The molecule has 0 saturated carbocycles. The van der Waals surface area contributed by atoms with Gasteiger partial charge in [0.15, 0.2) is 17.0 Å². The number of nitrogens with zero attached hydrogens (tertiary/aromatic N) is 1. The van der Waals surface area contributed by atoms with Gasteiger partial charge in [0.2, 0.25) is 5.91 Å². The Morgan fingerprint density at radius 2 is 1.69 bits per heavy atom. The van der Waals surface area contributed by atoms with E-state index in [2.05, 4.69) is 10.6 Å². The highest BCUT2D eigenvalue weighted by Crippen LogP contribution is 2.37. The van der Waals surface area contributed by atoms with Crippen LogP contribution in [0.25, 0.3) is 0 Å². The van der Waals surface area contributed by atoms with Gasteiger partial charge >= 0.3 is 6.03 Å². The van der Waals surface area contributed by atoms with Gasteiger partial charge in [-0.05, 0) is 48.2 Å². The normalized spacial score (nSPS) is 20.7. The van der Waals surface area contributed by atoms with Gasteiger partial charge in [0.05, 0.1) is 6.54 Å². The standard InChI is InChI=1S/C28H27N3O5/c1-18-12-13-21(14-19(18)2)28(20-8-4-3-5-9-20)26(33)31(27(34)30-28)16-25(32)29-15-22-17-35-23-10-6-7-11-24(23)36-22/h3-14,22H,15-17H2,1-2H3,(H,29,32)(H,30,34)/t22-,28+/m1/s1. The number of imide groups is 1. The van der Waals surface area contributed by atoms with Crippen molar-refractivity contribution in [3.8, 4) is 11.5 Å². The number of ether oxygens (including phenoxy) is 2. The number of para-hydroxylation sites is 2. The van der Waals surface area contributed by atoms with Gasteiger partial charge in [0, 0.05) is 0 Å². The summed E-state index contributed by atoms with van der Waals surface area (Å²) in [6.07, 6.45) is -0.383. The van der Waals surface area contributed by atoms with E-state index in [1.807, 2.05) is 68.4 Å². The summed E-state index contributed by atoms with van der Waals surface area (Å²) in [5, 5.41) is 5.64. The molecular formula is C28H27N3O5. The van der Waals surface area contributed by atoms with Crippen molar-refractivity contribution in [1.82, 2.24) is 15.5 Å². The Kier molecular flexibility index (Phi) is 6.10. The molecule has 0 aliphatic carbocycles. The molecule has 0 radical (unpaired) electrons. The Morgan fingerprint density at radius 3 is 2.44 bits per heavy atom. The van der Waals surface area contributed by atoms with E-state index >= 15 is 0 Å². The van der Waals surface area contributed by atoms with E-state index in [0.29, 0.717) is 22.6 Å². The second kappa shape index (κ2) is 9.37. The van der Waals surface area contributed by atoms with Crippen LogP contribution in [0.1, 0.15) is 22.3 Å². The monoisotopic (exact) mass is 485 g/mol. The molecular weight excluding hydrogens is 458 g/mol. The first-order valence-electron chi connectivity index (χ1n) is 11.8. The highest BCUT2D eigenvalue weighted by Gasteiger charge is 2.54. The minimum atomic E-state index is -1.42. The summed E-state index contributed by atoms with van der Waals surface area (Å²) in [6.45, 7) is 4.00. The van der Waals surface area contributed by atoms with Gasteiger partial charge in [-0.2, -0.15) is 0 Å². The van der Waals surface area contributed by atoms with Gasteiger partial charge in [-0.25, -0.2) is 4.79 Å². The second-order valence-corrected chi connectivity index (χ2v) is 9.04. The molecule has 0 bridgehead atoms. The predicted octanol–water partition coefficient (Wildman–Crippen LogP) is 3.06. The lowest BCUT2D eigenvalue weighted by Crippen LogP contribution is -2.47. The Labute approximate surface area is 209 Å². The molecule has 0 spiro atoms. The van der Waals surface area contributed by atoms with Crippen molar-refractivity contribution >= 4 is 17.8 Å². The Morgan fingerprint density at radius 1 is 0.972 bits per heavy atom. The summed E-state index contributed by atoms with van der Waals surface area (Å²) in [5.41, 5.74) is 1.93. The first kappa shape index (κ1) is 23.4. The summed E-state index contributed by atoms with van der Waals surface area (Å²) in [4.78, 5) is 40.6. The molecule has 184 valence electrons. The second-order valence-electron chi connectivity index (χ2n) is 9.04. The summed E-state index contributed by atoms with van der Waals surface area (Å²) in [5.74, 6) is 0.300. The van der Waals surface area contributed by atoms with Crippen molar-refractivity contribution < 1.29 is 23.9 Å². The van der Waals surface area contributed by atoms with Crippen LogP contribution in [0.5, 0.6) is 11.5 Å². The zero-order valence-corrected chi connectivity index (χ0v) is 20.1. The summed E-state index contributed by atoms with van der Waals surface area (Å²) < 4.78 is 11.5. The van der Waals surface area contributed by atoms with Crippen LogP contribution in [0.3, 0.4) is 0 Å². The number of urea groups is 1. The van der Waals surface area contributed by atoms with Crippen LogP contribution in [0.4, 0.5) is 4.79 Å². The number of aryl methyl sites for hydroxylation is 2. The number of hydrogen-bond donors (Lipinski definition) is 2. The molecule has 2 atom stereocenters. The molecule has 2 aliphatic rings. The number of benzene rings is 3. The van der Waals surface area contributed by atoms with Crippen LogP contribution in [-0.2, 0) is 15.1 Å². The SMILES string of the molecule is Cc1ccc([C@]2(c3ccccc3)NC(=O)N(CC(=O)NC[C@@H]3COc4ccccc4O3)C2=O)cc1C. The minimum Gasteiger partial charge on any atom is -0.486 e. The molecule has 36 heavy (non-hydrogen) atoms. The molecule has 2 N–H and O–H groups in total. The Hall–Kier alpha value is -4.33. The lowest BCUT2D eigenvalue weighted by molar-refractivity contribution is -0.134. The molecule has 0 aromatic heterocycles. The van der Waals surface area contributed by atoms with E-state index < -0.39 is 29.9 Å². The average molecular weight is 486 g/mol. The summed E-state index contributed by atoms with van der Waals surface area (Å²) in [7, 11) is 0. The number of hydrogen-bond acceptors (Lipinski definition) is 5. The van der Waals surface area contributed by atoms with E-state index in [1.165, 1.54) is 0 Å². The Balaban J connectivity index is 1.33. The van der Waals surface area contributed by atoms with E-state index in [9.17, 15) is 14.4 Å². The summed E-state index contributed by atoms with van der Waals surface area (Å²) >= 11 is 0. The van der Waals surface area contributed by atoms with Gasteiger partial charge in [-0.3, -0.25) is 14.5 Å². The number of amides is 4. The molecule has 3 aromatic rings. The largest absolute Gasteiger partial charge is 0.486 e. The van der Waals surface area contributed by atoms with Gasteiger partial charge < -0.3 is 20.1 Å². The average Bonchev–Trinajstić information content (AvgIpc) is 3.15. The molecule has 8 heteroatoms. The van der Waals surface area contributed by atoms with Crippen molar-refractivity contribution in [2.75, 3.05) is 19.7 Å². The first-order valence-corrected chi connectivity index (χ1v) is 11.8. The maximum absolute atomic E-state index is 13.8. The highest BCUT2D eigenvalue weighted by molar-refractivity contribution is 6.11. The molecule has 1 saturated heterocycles. The van der Waals surface area contributed by atoms with E-state index in [-0.39, 0.29) is 19.3 Å². The van der Waals surface area contributed by atoms with E-state index in [4.69, 9.17) is 9.47 Å². The predicted molar refractivity (Wildman–Crippen MR) is 133 cm³/mol. The number of rotatable bonds is 6. The maximum Gasteiger partial charge on any atom is 0.326 e. The van der Waals surface area contributed by atoms with Crippen molar-refractivity contribution in [3.05, 3.63) is 95.1 Å². The van der Waals surface area contributed by atoms with Crippen molar-refractivity contribution in [1.29, 1.82) is 0 Å². The third-order valence-corrected chi connectivity index (χ3v) is 6.65. The van der Waals surface area contributed by atoms with Crippen molar-refractivity contribution in [3.63, 3.8) is 0 Å². The fraction of sp³-hybridized carbons (Fsp3) is 0.250. The molecule has 4 amide bonds. The molecule has 8 nitrogen and oxygen atoms in total. The third kappa shape index (κ3) is 4.15. The molecule has 3 aromatic carbocycles. The van der Waals surface area contributed by atoms with Crippen LogP contribution in [-0.4, -0.2) is 48.5 Å².